The summed E-state index contributed by atoms with van der Waals surface area (Å²) in [7, 11) is 0. The van der Waals surface area contributed by atoms with Gasteiger partial charge in [0.15, 0.2) is 0 Å². The number of rotatable bonds is 3. The van der Waals surface area contributed by atoms with Gasteiger partial charge >= 0.3 is 0 Å². The predicted molar refractivity (Wildman–Crippen MR) is 71.5 cm³/mol. The number of aromatic nitrogens is 2. The molecule has 1 saturated carbocycles. The van der Waals surface area contributed by atoms with E-state index >= 15 is 0 Å². The van der Waals surface area contributed by atoms with Crippen LogP contribution >= 0.6 is 11.6 Å². The minimum atomic E-state index is 0.414. The van der Waals surface area contributed by atoms with Crippen LogP contribution in [0.25, 0.3) is 0 Å². The van der Waals surface area contributed by atoms with Crippen LogP contribution in [0.5, 0.6) is 0 Å². The first-order chi connectivity index (χ1) is 8.10. The van der Waals surface area contributed by atoms with E-state index in [-0.39, 0.29) is 0 Å². The summed E-state index contributed by atoms with van der Waals surface area (Å²) < 4.78 is 0. The standard InChI is InChI=1S/C14H21ClN2/c1-4-10-5-6-11(7-10)14-16-12(9(2)3)8-13(15)17-14/h8-11H,4-7H2,1-3H3. The maximum Gasteiger partial charge on any atom is 0.133 e. The Morgan fingerprint density at radius 2 is 2.12 bits per heavy atom. The molecular formula is C14H21ClN2. The van der Waals surface area contributed by atoms with Crippen molar-refractivity contribution in [3.8, 4) is 0 Å². The second kappa shape index (κ2) is 5.34. The van der Waals surface area contributed by atoms with Gasteiger partial charge < -0.3 is 0 Å². The van der Waals surface area contributed by atoms with Gasteiger partial charge in [-0.25, -0.2) is 9.97 Å². The molecule has 0 N–H and O–H groups in total. The summed E-state index contributed by atoms with van der Waals surface area (Å²) in [6, 6.07) is 1.89. The smallest absolute Gasteiger partial charge is 0.133 e. The SMILES string of the molecule is CCC1CCC(c2nc(Cl)cc(C(C)C)n2)C1. The largest absolute Gasteiger partial charge is 0.237 e. The molecule has 0 amide bonds. The van der Waals surface area contributed by atoms with Crippen LogP contribution in [0.15, 0.2) is 6.07 Å². The van der Waals surface area contributed by atoms with Crippen molar-refractivity contribution in [2.45, 2.75) is 58.3 Å². The normalized spacial score (nSPS) is 24.5. The Kier molecular flexibility index (Phi) is 4.03. The molecule has 3 heteroatoms. The van der Waals surface area contributed by atoms with Gasteiger partial charge in [0.2, 0.25) is 0 Å². The molecule has 0 saturated heterocycles. The molecule has 1 heterocycles. The molecule has 1 aromatic heterocycles. The van der Waals surface area contributed by atoms with Crippen molar-refractivity contribution in [3.05, 3.63) is 22.7 Å². The van der Waals surface area contributed by atoms with Crippen LogP contribution in [-0.4, -0.2) is 9.97 Å². The molecule has 1 aliphatic carbocycles. The third kappa shape index (κ3) is 2.98. The molecule has 0 aliphatic heterocycles. The molecule has 0 aromatic carbocycles. The van der Waals surface area contributed by atoms with Crippen molar-refractivity contribution in [1.29, 1.82) is 0 Å². The second-order valence-corrected chi connectivity index (χ2v) is 5.80. The first-order valence-corrected chi connectivity index (χ1v) is 7.02. The summed E-state index contributed by atoms with van der Waals surface area (Å²) in [5.74, 6) is 2.76. The van der Waals surface area contributed by atoms with Gasteiger partial charge in [-0.15, -0.1) is 0 Å². The van der Waals surface area contributed by atoms with E-state index in [1.165, 1.54) is 25.7 Å². The maximum absolute atomic E-state index is 6.09. The Balaban J connectivity index is 2.21. The number of hydrogen-bond acceptors (Lipinski definition) is 2. The van der Waals surface area contributed by atoms with E-state index in [2.05, 4.69) is 30.7 Å². The van der Waals surface area contributed by atoms with Crippen molar-refractivity contribution < 1.29 is 0 Å². The fourth-order valence-corrected chi connectivity index (χ4v) is 2.81. The van der Waals surface area contributed by atoms with Gasteiger partial charge in [-0.05, 0) is 37.2 Å². The Morgan fingerprint density at radius 1 is 1.35 bits per heavy atom. The molecule has 2 rings (SSSR count). The highest BCUT2D eigenvalue weighted by Crippen LogP contribution is 2.38. The van der Waals surface area contributed by atoms with Gasteiger partial charge in [0.1, 0.15) is 11.0 Å². The monoisotopic (exact) mass is 252 g/mol. The molecule has 0 radical (unpaired) electrons. The third-order valence-corrected chi connectivity index (χ3v) is 4.00. The van der Waals surface area contributed by atoms with Crippen LogP contribution in [0.3, 0.4) is 0 Å². The van der Waals surface area contributed by atoms with Gasteiger partial charge in [-0.2, -0.15) is 0 Å². The van der Waals surface area contributed by atoms with Crippen LogP contribution in [0, 0.1) is 5.92 Å². The van der Waals surface area contributed by atoms with E-state index in [0.717, 1.165) is 17.4 Å². The molecular weight excluding hydrogens is 232 g/mol. The minimum absolute atomic E-state index is 0.414. The Bertz CT molecular complexity index is 390. The lowest BCUT2D eigenvalue weighted by Crippen LogP contribution is -2.05. The van der Waals surface area contributed by atoms with Crippen LogP contribution in [0.4, 0.5) is 0 Å². The van der Waals surface area contributed by atoms with Gasteiger partial charge in [-0.3, -0.25) is 0 Å². The highest BCUT2D eigenvalue weighted by atomic mass is 35.5. The Labute approximate surface area is 109 Å². The Morgan fingerprint density at radius 3 is 2.71 bits per heavy atom. The summed E-state index contributed by atoms with van der Waals surface area (Å²) in [6.45, 7) is 6.56. The molecule has 0 spiro atoms. The van der Waals surface area contributed by atoms with E-state index in [1.807, 2.05) is 6.07 Å². The van der Waals surface area contributed by atoms with Crippen molar-refractivity contribution in [1.82, 2.24) is 9.97 Å². The maximum atomic E-state index is 6.09. The van der Waals surface area contributed by atoms with Gasteiger partial charge in [0, 0.05) is 11.6 Å². The first-order valence-electron chi connectivity index (χ1n) is 6.64. The van der Waals surface area contributed by atoms with Crippen molar-refractivity contribution in [2.75, 3.05) is 0 Å². The zero-order chi connectivity index (χ0) is 12.4. The van der Waals surface area contributed by atoms with Crippen molar-refractivity contribution in [3.63, 3.8) is 0 Å². The fourth-order valence-electron chi connectivity index (χ4n) is 2.61. The van der Waals surface area contributed by atoms with Gasteiger partial charge in [-0.1, -0.05) is 38.8 Å². The number of nitrogens with zero attached hydrogens (tertiary/aromatic N) is 2. The Hall–Kier alpha value is -0.630. The molecule has 2 nitrogen and oxygen atoms in total. The van der Waals surface area contributed by atoms with Gasteiger partial charge in [0.25, 0.3) is 0 Å². The van der Waals surface area contributed by atoms with Crippen LogP contribution in [0.2, 0.25) is 5.15 Å². The molecule has 1 aliphatic rings. The summed E-state index contributed by atoms with van der Waals surface area (Å²) in [5, 5.41) is 0.596. The molecule has 2 atom stereocenters. The molecule has 17 heavy (non-hydrogen) atoms. The second-order valence-electron chi connectivity index (χ2n) is 5.41. The van der Waals surface area contributed by atoms with E-state index in [9.17, 15) is 0 Å². The molecule has 2 unspecified atom stereocenters. The van der Waals surface area contributed by atoms with Crippen LogP contribution in [-0.2, 0) is 0 Å². The lowest BCUT2D eigenvalue weighted by molar-refractivity contribution is 0.516. The highest BCUT2D eigenvalue weighted by molar-refractivity contribution is 6.29. The molecule has 1 fully saturated rings. The van der Waals surface area contributed by atoms with Crippen LogP contribution < -0.4 is 0 Å². The molecule has 94 valence electrons. The zero-order valence-corrected chi connectivity index (χ0v) is 11.7. The summed E-state index contributed by atoms with van der Waals surface area (Å²) in [6.07, 6.45) is 5.03. The lowest BCUT2D eigenvalue weighted by Gasteiger charge is -2.12. The molecule has 1 aromatic rings. The third-order valence-electron chi connectivity index (χ3n) is 3.81. The average Bonchev–Trinajstić information content (AvgIpc) is 2.76. The molecule has 0 bridgehead atoms. The van der Waals surface area contributed by atoms with E-state index in [1.54, 1.807) is 0 Å². The summed E-state index contributed by atoms with van der Waals surface area (Å²) >= 11 is 6.09. The number of halogens is 1. The fraction of sp³-hybridized carbons (Fsp3) is 0.714. The zero-order valence-electron chi connectivity index (χ0n) is 10.9. The quantitative estimate of drug-likeness (QED) is 0.738. The number of hydrogen-bond donors (Lipinski definition) is 0. The van der Waals surface area contributed by atoms with E-state index < -0.39 is 0 Å². The minimum Gasteiger partial charge on any atom is -0.237 e. The average molecular weight is 253 g/mol. The van der Waals surface area contributed by atoms with E-state index in [4.69, 9.17) is 11.6 Å². The summed E-state index contributed by atoms with van der Waals surface area (Å²) in [5.41, 5.74) is 1.07. The predicted octanol–water partition coefficient (Wildman–Crippen LogP) is 4.55. The lowest BCUT2D eigenvalue weighted by atomic mass is 10.0. The highest BCUT2D eigenvalue weighted by Gasteiger charge is 2.27. The summed E-state index contributed by atoms with van der Waals surface area (Å²) in [4.78, 5) is 9.11. The van der Waals surface area contributed by atoms with Crippen molar-refractivity contribution in [2.24, 2.45) is 5.92 Å². The van der Waals surface area contributed by atoms with Crippen LogP contribution in [0.1, 0.15) is 69.8 Å². The van der Waals surface area contributed by atoms with Crippen molar-refractivity contribution >= 4 is 11.6 Å². The topological polar surface area (TPSA) is 25.8 Å². The van der Waals surface area contributed by atoms with E-state index in [0.29, 0.717) is 17.0 Å². The van der Waals surface area contributed by atoms with Gasteiger partial charge in [0.05, 0.1) is 0 Å². The first kappa shape index (κ1) is 12.8.